The van der Waals surface area contributed by atoms with Crippen LogP contribution in [0.1, 0.15) is 12.6 Å². The van der Waals surface area contributed by atoms with E-state index < -0.39 is 5.82 Å². The minimum atomic E-state index is -0.556. The van der Waals surface area contributed by atoms with Crippen molar-refractivity contribution in [1.82, 2.24) is 9.78 Å². The summed E-state index contributed by atoms with van der Waals surface area (Å²) in [5.41, 5.74) is 0.936. The zero-order valence-corrected chi connectivity index (χ0v) is 11.3. The second-order valence-corrected chi connectivity index (χ2v) is 4.70. The molecule has 17 heavy (non-hydrogen) atoms. The fraction of sp³-hybridized carbons (Fsp3) is 0.182. The minimum absolute atomic E-state index is 0.0307. The Kier molecular flexibility index (Phi) is 3.40. The molecule has 0 amide bonds. The third-order valence-corrected chi connectivity index (χ3v) is 3.54. The monoisotopic (exact) mass is 318 g/mol. The number of benzene rings is 1. The molecule has 0 fully saturated rings. The smallest absolute Gasteiger partial charge is 0.285 e. The lowest BCUT2D eigenvalue weighted by molar-refractivity contribution is 0.625. The van der Waals surface area contributed by atoms with Gasteiger partial charge in [0, 0.05) is 6.07 Å². The summed E-state index contributed by atoms with van der Waals surface area (Å²) in [5, 5.41) is 2.94. The Morgan fingerprint density at radius 1 is 1.53 bits per heavy atom. The van der Waals surface area contributed by atoms with E-state index in [0.717, 1.165) is 5.69 Å². The lowest BCUT2D eigenvalue weighted by atomic mass is 10.3. The van der Waals surface area contributed by atoms with Gasteiger partial charge in [-0.05, 0) is 34.5 Å². The summed E-state index contributed by atoms with van der Waals surface area (Å²) < 4.78 is 15.1. The molecule has 0 unspecified atom stereocenters. The first-order valence-electron chi connectivity index (χ1n) is 4.99. The molecule has 1 aromatic carbocycles. The molecule has 0 saturated heterocycles. The molecule has 0 bridgehead atoms. The number of hydrogen-bond acceptors (Lipinski definition) is 1. The summed E-state index contributed by atoms with van der Waals surface area (Å²) in [6.45, 7) is 1.92. The van der Waals surface area contributed by atoms with Gasteiger partial charge < -0.3 is 0 Å². The molecule has 1 aromatic heterocycles. The summed E-state index contributed by atoms with van der Waals surface area (Å²) in [7, 11) is 0. The Morgan fingerprint density at radius 3 is 2.76 bits per heavy atom. The van der Waals surface area contributed by atoms with Gasteiger partial charge in [0.2, 0.25) is 0 Å². The molecule has 2 rings (SSSR count). The molecule has 0 aliphatic heterocycles. The van der Waals surface area contributed by atoms with Crippen molar-refractivity contribution in [2.75, 3.05) is 0 Å². The maximum atomic E-state index is 13.3. The van der Waals surface area contributed by atoms with Gasteiger partial charge >= 0.3 is 0 Å². The number of nitrogens with zero attached hydrogens (tertiary/aromatic N) is 1. The predicted octanol–water partition coefficient (Wildman–Crippen LogP) is 3.28. The lowest BCUT2D eigenvalue weighted by Crippen LogP contribution is -2.14. The molecule has 0 spiro atoms. The second kappa shape index (κ2) is 4.66. The number of halogens is 3. The van der Waals surface area contributed by atoms with Gasteiger partial charge in [-0.15, -0.1) is 0 Å². The van der Waals surface area contributed by atoms with Gasteiger partial charge in [0.05, 0.1) is 16.4 Å². The Bertz CT molecular complexity index is 620. The molecule has 1 N–H and O–H groups in total. The third-order valence-electron chi connectivity index (χ3n) is 2.42. The predicted molar refractivity (Wildman–Crippen MR) is 68.4 cm³/mol. The Morgan fingerprint density at radius 2 is 2.24 bits per heavy atom. The third kappa shape index (κ3) is 2.17. The molecule has 0 aliphatic rings. The van der Waals surface area contributed by atoms with Gasteiger partial charge in [0.15, 0.2) is 0 Å². The van der Waals surface area contributed by atoms with E-state index in [1.807, 2.05) is 6.92 Å². The van der Waals surface area contributed by atoms with Crippen molar-refractivity contribution in [3.63, 3.8) is 0 Å². The Balaban J connectivity index is 2.61. The summed E-state index contributed by atoms with van der Waals surface area (Å²) in [5.74, 6) is -0.556. The van der Waals surface area contributed by atoms with Crippen molar-refractivity contribution in [2.24, 2.45) is 0 Å². The van der Waals surface area contributed by atoms with Crippen LogP contribution < -0.4 is 5.56 Å². The van der Waals surface area contributed by atoms with Crippen LogP contribution >= 0.6 is 27.5 Å². The average molecular weight is 320 g/mol. The van der Waals surface area contributed by atoms with E-state index in [4.69, 9.17) is 11.6 Å². The normalized spacial score (nSPS) is 10.8. The van der Waals surface area contributed by atoms with Crippen LogP contribution in [0.5, 0.6) is 0 Å². The number of aromatic nitrogens is 2. The van der Waals surface area contributed by atoms with Gasteiger partial charge in [-0.2, -0.15) is 0 Å². The van der Waals surface area contributed by atoms with Gasteiger partial charge in [-0.25, -0.2) is 9.07 Å². The van der Waals surface area contributed by atoms with Crippen molar-refractivity contribution in [1.29, 1.82) is 0 Å². The Hall–Kier alpha value is -1.07. The van der Waals surface area contributed by atoms with Crippen molar-refractivity contribution >= 4 is 27.5 Å². The molecule has 6 heteroatoms. The topological polar surface area (TPSA) is 37.8 Å². The molecular formula is C11H9BrClFN2O. The van der Waals surface area contributed by atoms with E-state index >= 15 is 0 Å². The zero-order chi connectivity index (χ0) is 12.6. The second-order valence-electron chi connectivity index (χ2n) is 3.50. The van der Waals surface area contributed by atoms with E-state index in [-0.39, 0.29) is 10.6 Å². The first-order chi connectivity index (χ1) is 8.04. The van der Waals surface area contributed by atoms with Crippen LogP contribution in [0.2, 0.25) is 5.02 Å². The van der Waals surface area contributed by atoms with Gasteiger partial charge in [0.1, 0.15) is 10.3 Å². The van der Waals surface area contributed by atoms with Crippen molar-refractivity contribution < 1.29 is 4.39 Å². The average Bonchev–Trinajstić information content (AvgIpc) is 2.60. The van der Waals surface area contributed by atoms with E-state index in [0.29, 0.717) is 16.6 Å². The van der Waals surface area contributed by atoms with Crippen LogP contribution in [0.15, 0.2) is 27.5 Å². The fourth-order valence-electron chi connectivity index (χ4n) is 1.50. The van der Waals surface area contributed by atoms with E-state index in [9.17, 15) is 9.18 Å². The molecule has 0 atom stereocenters. The molecule has 0 aliphatic carbocycles. The van der Waals surface area contributed by atoms with Crippen molar-refractivity contribution in [3.8, 4) is 5.69 Å². The maximum absolute atomic E-state index is 13.3. The number of H-pyrrole nitrogens is 1. The lowest BCUT2D eigenvalue weighted by Gasteiger charge is -2.02. The van der Waals surface area contributed by atoms with Crippen LogP contribution in [-0.4, -0.2) is 9.78 Å². The molecule has 90 valence electrons. The SMILES string of the molecule is CCc1[nH]n(-c2ccc(Cl)c(F)c2)c(=O)c1Br. The summed E-state index contributed by atoms with van der Waals surface area (Å²) in [6.07, 6.45) is 0.679. The molecule has 0 radical (unpaired) electrons. The highest BCUT2D eigenvalue weighted by atomic mass is 79.9. The summed E-state index contributed by atoms with van der Waals surface area (Å²) in [6, 6.07) is 4.21. The number of hydrogen-bond donors (Lipinski definition) is 1. The van der Waals surface area contributed by atoms with E-state index in [1.54, 1.807) is 6.07 Å². The van der Waals surface area contributed by atoms with Crippen LogP contribution in [0, 0.1) is 5.82 Å². The molecule has 2 aromatic rings. The van der Waals surface area contributed by atoms with Gasteiger partial charge in [0.25, 0.3) is 5.56 Å². The fourth-order valence-corrected chi connectivity index (χ4v) is 2.17. The first kappa shape index (κ1) is 12.4. The highest BCUT2D eigenvalue weighted by molar-refractivity contribution is 9.10. The number of aromatic amines is 1. The van der Waals surface area contributed by atoms with Gasteiger partial charge in [-0.1, -0.05) is 18.5 Å². The quantitative estimate of drug-likeness (QED) is 0.906. The first-order valence-corrected chi connectivity index (χ1v) is 6.16. The number of aryl methyl sites for hydroxylation is 1. The van der Waals surface area contributed by atoms with Crippen LogP contribution in [0.4, 0.5) is 4.39 Å². The number of nitrogens with one attached hydrogen (secondary N) is 1. The zero-order valence-electron chi connectivity index (χ0n) is 8.93. The summed E-state index contributed by atoms with van der Waals surface area (Å²) >= 11 is 8.80. The van der Waals surface area contributed by atoms with Crippen LogP contribution in [0.3, 0.4) is 0 Å². The van der Waals surface area contributed by atoms with E-state index in [1.165, 1.54) is 16.8 Å². The summed E-state index contributed by atoms with van der Waals surface area (Å²) in [4.78, 5) is 11.9. The minimum Gasteiger partial charge on any atom is -0.294 e. The van der Waals surface area contributed by atoms with Crippen molar-refractivity contribution in [3.05, 3.63) is 49.6 Å². The van der Waals surface area contributed by atoms with E-state index in [2.05, 4.69) is 21.0 Å². The highest BCUT2D eigenvalue weighted by Gasteiger charge is 2.12. The number of rotatable bonds is 2. The van der Waals surface area contributed by atoms with Crippen molar-refractivity contribution in [2.45, 2.75) is 13.3 Å². The molecule has 3 nitrogen and oxygen atoms in total. The van der Waals surface area contributed by atoms with Gasteiger partial charge in [-0.3, -0.25) is 9.89 Å². The molecular weight excluding hydrogens is 310 g/mol. The maximum Gasteiger partial charge on any atom is 0.285 e. The van der Waals surface area contributed by atoms with Crippen LogP contribution in [-0.2, 0) is 6.42 Å². The Labute approximate surface area is 110 Å². The van der Waals surface area contributed by atoms with Crippen LogP contribution in [0.25, 0.3) is 5.69 Å². The highest BCUT2D eigenvalue weighted by Crippen LogP contribution is 2.18. The largest absolute Gasteiger partial charge is 0.294 e. The molecule has 0 saturated carbocycles. The standard InChI is InChI=1S/C11H9BrClFN2O/c1-2-9-10(12)11(17)16(15-9)6-3-4-7(13)8(14)5-6/h3-5,15H,2H2,1H3. The molecule has 1 heterocycles.